The summed E-state index contributed by atoms with van der Waals surface area (Å²) in [5, 5.41) is -0.199. The normalized spacial score (nSPS) is 12.5. The van der Waals surface area contributed by atoms with Crippen molar-refractivity contribution in [2.75, 3.05) is 0 Å². The number of ether oxygens (including phenoxy) is 4. The molecule has 8 bridgehead atoms. The van der Waals surface area contributed by atoms with Crippen LogP contribution in [0.5, 0.6) is 23.0 Å². The number of benzene rings is 4. The average molecular weight is 889 g/mol. The Morgan fingerprint density at radius 2 is 0.500 bits per heavy atom. The van der Waals surface area contributed by atoms with Crippen molar-refractivity contribution in [3.05, 3.63) is 93.0 Å². The van der Waals surface area contributed by atoms with Gasteiger partial charge in [0, 0.05) is 117 Å². The van der Waals surface area contributed by atoms with Crippen LogP contribution in [0.25, 0.3) is 0 Å². The molecule has 0 saturated carbocycles. The molecule has 1 aliphatic carbocycles. The first-order chi connectivity index (χ1) is 28.2. The van der Waals surface area contributed by atoms with Crippen LogP contribution < -0.4 is 18.9 Å². The molecule has 0 amide bonds. The van der Waals surface area contributed by atoms with E-state index in [2.05, 4.69) is 0 Å². The van der Waals surface area contributed by atoms with Crippen LogP contribution in [0.15, 0.2) is 68.1 Å². The third-order valence-corrected chi connectivity index (χ3v) is 11.9. The maximum Gasteiger partial charge on any atom is 0.190 e. The van der Waals surface area contributed by atoms with Gasteiger partial charge in [-0.3, -0.25) is 19.2 Å². The van der Waals surface area contributed by atoms with E-state index in [-0.39, 0.29) is 44.9 Å². The SMILES string of the molecule is CC(=O)Sc1cc2c(OC(C)C)c(c1)Cc1cc(SC(C)=O)cc(c1OC(C)C)Cc1cc(SC(C)=O)cc(c1OC(C)C)Cc1cc(SC(C)=O)cc(c1OC(C)C)C2. The van der Waals surface area contributed by atoms with Crippen molar-refractivity contribution in [1.82, 2.24) is 0 Å². The van der Waals surface area contributed by atoms with E-state index in [1.807, 2.05) is 104 Å². The molecule has 0 aromatic heterocycles. The molecule has 0 aliphatic heterocycles. The van der Waals surface area contributed by atoms with Gasteiger partial charge in [0.1, 0.15) is 23.0 Å². The van der Waals surface area contributed by atoms with Crippen molar-refractivity contribution in [3.63, 3.8) is 0 Å². The van der Waals surface area contributed by atoms with Crippen molar-refractivity contribution >= 4 is 67.5 Å². The van der Waals surface area contributed by atoms with Crippen LogP contribution in [0.1, 0.15) is 128 Å². The molecule has 0 unspecified atom stereocenters. The fraction of sp³-hybridized carbons (Fsp3) is 0.417. The predicted octanol–water partition coefficient (Wildman–Crippen LogP) is 12.1. The van der Waals surface area contributed by atoms with Crippen molar-refractivity contribution in [1.29, 1.82) is 0 Å². The average Bonchev–Trinajstić information content (AvgIpc) is 3.08. The molecule has 0 heterocycles. The molecule has 4 aromatic carbocycles. The zero-order valence-corrected chi connectivity index (χ0v) is 39.9. The lowest BCUT2D eigenvalue weighted by Gasteiger charge is -2.26. The molecule has 0 fully saturated rings. The van der Waals surface area contributed by atoms with Crippen LogP contribution in [0.4, 0.5) is 0 Å². The molecule has 4 aromatic rings. The van der Waals surface area contributed by atoms with Gasteiger partial charge in [0.15, 0.2) is 20.5 Å². The highest BCUT2D eigenvalue weighted by Crippen LogP contribution is 2.44. The van der Waals surface area contributed by atoms with Gasteiger partial charge in [-0.15, -0.1) is 0 Å². The highest BCUT2D eigenvalue weighted by atomic mass is 32.2. The van der Waals surface area contributed by atoms with Crippen LogP contribution in [0, 0.1) is 0 Å². The number of carbonyl (C=O) groups excluding carboxylic acids is 4. The summed E-state index contributed by atoms with van der Waals surface area (Å²) in [5.41, 5.74) is 6.84. The van der Waals surface area contributed by atoms with E-state index in [4.69, 9.17) is 18.9 Å². The second-order valence-corrected chi connectivity index (χ2v) is 21.0. The summed E-state index contributed by atoms with van der Waals surface area (Å²) >= 11 is 4.65. The smallest absolute Gasteiger partial charge is 0.190 e. The Balaban J connectivity index is 2.00. The topological polar surface area (TPSA) is 105 Å². The van der Waals surface area contributed by atoms with Crippen LogP contribution in [-0.4, -0.2) is 44.9 Å². The summed E-state index contributed by atoms with van der Waals surface area (Å²) in [6.07, 6.45) is 0.717. The van der Waals surface area contributed by atoms with Crippen LogP contribution in [-0.2, 0) is 44.9 Å². The van der Waals surface area contributed by atoms with E-state index in [0.717, 1.165) is 111 Å². The lowest BCUT2D eigenvalue weighted by Crippen LogP contribution is -2.15. The van der Waals surface area contributed by atoms with Crippen molar-refractivity contribution in [2.45, 2.75) is 153 Å². The zero-order valence-electron chi connectivity index (χ0n) is 36.7. The number of fused-ring (bicyclic) bond motifs is 8. The monoisotopic (exact) mass is 888 g/mol. The fourth-order valence-electron chi connectivity index (χ4n) is 7.21. The first-order valence-corrected chi connectivity index (χ1v) is 23.5. The van der Waals surface area contributed by atoms with E-state index in [0.29, 0.717) is 48.7 Å². The van der Waals surface area contributed by atoms with Crippen LogP contribution in [0.2, 0.25) is 0 Å². The number of rotatable bonds is 12. The minimum atomic E-state index is -0.186. The molecule has 8 nitrogen and oxygen atoms in total. The van der Waals surface area contributed by atoms with Gasteiger partial charge in [0.05, 0.1) is 24.4 Å². The fourth-order valence-corrected chi connectivity index (χ4v) is 10.1. The van der Waals surface area contributed by atoms with Crippen LogP contribution in [0.3, 0.4) is 0 Å². The number of carbonyl (C=O) groups is 4. The van der Waals surface area contributed by atoms with Crippen molar-refractivity contribution in [2.24, 2.45) is 0 Å². The first-order valence-electron chi connectivity index (χ1n) is 20.3. The highest BCUT2D eigenvalue weighted by Gasteiger charge is 2.26. The van der Waals surface area contributed by atoms with E-state index in [1.165, 1.54) is 0 Å². The van der Waals surface area contributed by atoms with Crippen LogP contribution >= 0.6 is 47.0 Å². The zero-order chi connectivity index (χ0) is 44.0. The lowest BCUT2D eigenvalue weighted by atomic mass is 9.91. The van der Waals surface area contributed by atoms with E-state index >= 15 is 0 Å². The molecule has 5 rings (SSSR count). The minimum absolute atomic E-state index is 0.0496. The molecule has 0 atom stereocenters. The standard InChI is InChI=1S/C48H56O8S4/c1-25(2)53-45-33-13-35-19-42(58-30(10)50)21-37(46(35)54-26(3)4)15-39-23-44(60-32(12)52)24-40(48(39)56-28(7)8)16-38-22-43(59-31(11)51)20-36(47(38)55-27(5)6)14-34(45)18-41(17-33)57-29(9)49/h17-28H,13-16H2,1-12H3. The Morgan fingerprint density at radius 3 is 0.617 bits per heavy atom. The largest absolute Gasteiger partial charge is 0.490 e. The molecular formula is C48H56O8S4. The highest BCUT2D eigenvalue weighted by molar-refractivity contribution is 8.14. The van der Waals surface area contributed by atoms with Crippen molar-refractivity contribution < 1.29 is 38.1 Å². The quantitative estimate of drug-likeness (QED) is 0.111. The first kappa shape index (κ1) is 47.2. The van der Waals surface area contributed by atoms with E-state index in [9.17, 15) is 19.2 Å². The molecule has 320 valence electrons. The molecular weight excluding hydrogens is 833 g/mol. The van der Waals surface area contributed by atoms with Gasteiger partial charge in [0.2, 0.25) is 0 Å². The van der Waals surface area contributed by atoms with Gasteiger partial charge in [0.25, 0.3) is 0 Å². The second-order valence-electron chi connectivity index (χ2n) is 16.0. The number of thioether (sulfide) groups is 4. The Kier molecular flexibility index (Phi) is 16.4. The number of hydrogen-bond acceptors (Lipinski definition) is 12. The molecule has 60 heavy (non-hydrogen) atoms. The van der Waals surface area contributed by atoms with Gasteiger partial charge in [-0.05, 0) is 104 Å². The van der Waals surface area contributed by atoms with E-state index in [1.54, 1.807) is 27.7 Å². The summed E-state index contributed by atoms with van der Waals surface area (Å²) in [7, 11) is 0. The third-order valence-electron chi connectivity index (χ3n) is 8.85. The van der Waals surface area contributed by atoms with Crippen molar-refractivity contribution in [3.8, 4) is 23.0 Å². The number of hydrogen-bond donors (Lipinski definition) is 0. The molecule has 0 spiro atoms. The summed E-state index contributed by atoms with van der Waals surface area (Å²) in [5.74, 6) is 2.77. The van der Waals surface area contributed by atoms with Gasteiger partial charge >= 0.3 is 0 Å². The Morgan fingerprint density at radius 1 is 0.350 bits per heavy atom. The molecule has 0 radical (unpaired) electrons. The maximum absolute atomic E-state index is 12.7. The van der Waals surface area contributed by atoms with Gasteiger partial charge in [-0.2, -0.15) is 0 Å². The molecule has 1 aliphatic rings. The maximum atomic E-state index is 12.7. The Labute approximate surface area is 372 Å². The lowest BCUT2D eigenvalue weighted by molar-refractivity contribution is -0.109. The minimum Gasteiger partial charge on any atom is -0.490 e. The Bertz CT molecular complexity index is 1870. The predicted molar refractivity (Wildman–Crippen MR) is 246 cm³/mol. The summed E-state index contributed by atoms with van der Waals surface area (Å²) < 4.78 is 27.0. The Hall–Kier alpha value is -3.84. The molecule has 12 heteroatoms. The summed E-state index contributed by atoms with van der Waals surface area (Å²) in [6.45, 7) is 22.2. The third kappa shape index (κ3) is 13.1. The van der Waals surface area contributed by atoms with E-state index < -0.39 is 0 Å². The van der Waals surface area contributed by atoms with Gasteiger partial charge in [-0.1, -0.05) is 47.0 Å². The second kappa shape index (κ2) is 20.8. The summed E-state index contributed by atoms with van der Waals surface area (Å²) in [4.78, 5) is 53.9. The molecule has 0 saturated heterocycles. The van der Waals surface area contributed by atoms with Gasteiger partial charge < -0.3 is 18.9 Å². The van der Waals surface area contributed by atoms with Gasteiger partial charge in [-0.25, -0.2) is 0 Å². The molecule has 0 N–H and O–H groups in total. The summed E-state index contributed by atoms with van der Waals surface area (Å²) in [6, 6.07) is 16.1.